The molecule has 0 spiro atoms. The fourth-order valence-corrected chi connectivity index (χ4v) is 3.88. The number of hydrogen-bond acceptors (Lipinski definition) is 10. The second-order valence-electron chi connectivity index (χ2n) is 9.40. The van der Waals surface area contributed by atoms with Crippen molar-refractivity contribution in [2.45, 2.75) is 33.1 Å². The van der Waals surface area contributed by atoms with Crippen LogP contribution in [-0.2, 0) is 26.2 Å². The van der Waals surface area contributed by atoms with E-state index in [0.717, 1.165) is 0 Å². The van der Waals surface area contributed by atoms with E-state index in [1.165, 1.54) is 6.34 Å². The molecule has 0 bridgehead atoms. The molecule has 0 aliphatic rings. The SMILES string of the molecule is C/C(N=Nc1cccc[n+]1CCO)=N\N=c1/ccccn1CCO.OCCn1ccccc1=NN=CN=Nc1cccc[n+]1CCO. The zero-order valence-electron chi connectivity index (χ0n) is 26.1. The van der Waals surface area contributed by atoms with Gasteiger partial charge in [-0.2, -0.15) is 0 Å². The molecule has 0 aromatic carbocycles. The molecule has 4 heterocycles. The molecule has 4 N–H and O–H groups in total. The Morgan fingerprint density at radius 1 is 0.660 bits per heavy atom. The fourth-order valence-electron chi connectivity index (χ4n) is 3.88. The van der Waals surface area contributed by atoms with Crippen molar-refractivity contribution in [2.24, 2.45) is 40.9 Å². The molecule has 0 saturated carbocycles. The lowest BCUT2D eigenvalue weighted by molar-refractivity contribution is -0.685. The molecule has 4 aromatic rings. The third kappa shape index (κ3) is 12.8. The Balaban J connectivity index is 0.000000256. The standard InChI is InChI=1S/C16H21N6O2.C15H19N6O2/c1-14(17-19-15-6-2-4-8-21(15)10-12-23)18-20-16-7-3-5-9-22(16)11-13-24;22-11-9-20-7-3-1-5-14(20)18-16-13-17-19-15-6-2-4-8-21(15)10-12-23/h2-9,23-24H,10-13H2,1H3;1-8,13,22-23H,9-12H2/q2*+1. The van der Waals surface area contributed by atoms with E-state index in [4.69, 9.17) is 20.4 Å². The van der Waals surface area contributed by atoms with Gasteiger partial charge in [-0.05, 0) is 46.6 Å². The van der Waals surface area contributed by atoms with Crippen LogP contribution < -0.4 is 20.1 Å². The molecule has 0 radical (unpaired) electrons. The maximum atomic E-state index is 9.05. The van der Waals surface area contributed by atoms with Crippen molar-refractivity contribution in [1.29, 1.82) is 0 Å². The third-order valence-electron chi connectivity index (χ3n) is 6.05. The molecule has 4 aromatic heterocycles. The highest BCUT2D eigenvalue weighted by molar-refractivity contribution is 5.79. The molecule has 0 amide bonds. The second kappa shape index (κ2) is 21.3. The van der Waals surface area contributed by atoms with Crippen molar-refractivity contribution in [1.82, 2.24) is 9.13 Å². The summed E-state index contributed by atoms with van der Waals surface area (Å²) in [7, 11) is 0. The summed E-state index contributed by atoms with van der Waals surface area (Å²) < 4.78 is 7.14. The molecule has 0 aliphatic heterocycles. The van der Waals surface area contributed by atoms with E-state index in [-0.39, 0.29) is 26.4 Å². The lowest BCUT2D eigenvalue weighted by Crippen LogP contribution is -2.35. The predicted molar refractivity (Wildman–Crippen MR) is 172 cm³/mol. The van der Waals surface area contributed by atoms with Crippen LogP contribution in [0.25, 0.3) is 0 Å². The molecule has 0 aliphatic carbocycles. The number of rotatable bonds is 13. The Hall–Kier alpha value is -5.42. The zero-order valence-corrected chi connectivity index (χ0v) is 26.1. The Labute approximate surface area is 271 Å². The number of amidine groups is 1. The van der Waals surface area contributed by atoms with E-state index in [2.05, 4.69) is 40.9 Å². The molecular weight excluding hydrogens is 604 g/mol. The first-order chi connectivity index (χ1) is 23.1. The van der Waals surface area contributed by atoms with Gasteiger partial charge in [0.15, 0.2) is 23.1 Å². The number of aliphatic hydroxyl groups is 4. The molecule has 16 heteroatoms. The lowest BCUT2D eigenvalue weighted by atomic mass is 10.4. The van der Waals surface area contributed by atoms with Crippen LogP contribution in [0.2, 0.25) is 0 Å². The minimum absolute atomic E-state index is 0.0263. The summed E-state index contributed by atoms with van der Waals surface area (Å²) in [6.07, 6.45) is 8.51. The average Bonchev–Trinajstić information content (AvgIpc) is 3.09. The number of aliphatic hydroxyl groups excluding tert-OH is 4. The zero-order chi connectivity index (χ0) is 33.5. The molecule has 246 valence electrons. The molecule has 4 rings (SSSR count). The Kier molecular flexibility index (Phi) is 16.4. The number of nitrogens with zero attached hydrogens (tertiary/aromatic N) is 12. The van der Waals surface area contributed by atoms with E-state index >= 15 is 0 Å². The van der Waals surface area contributed by atoms with Gasteiger partial charge in [-0.3, -0.25) is 0 Å². The number of hydrogen-bond donors (Lipinski definition) is 4. The van der Waals surface area contributed by atoms with E-state index in [1.54, 1.807) is 49.5 Å². The third-order valence-corrected chi connectivity index (χ3v) is 6.05. The van der Waals surface area contributed by atoms with Gasteiger partial charge in [0, 0.05) is 44.5 Å². The van der Waals surface area contributed by atoms with Crippen LogP contribution in [0.5, 0.6) is 0 Å². The number of aromatic nitrogens is 4. The summed E-state index contributed by atoms with van der Waals surface area (Å²) in [5, 5.41) is 68.2. The lowest BCUT2D eigenvalue weighted by Gasteiger charge is -2.02. The van der Waals surface area contributed by atoms with E-state index < -0.39 is 0 Å². The summed E-state index contributed by atoms with van der Waals surface area (Å²) in [6.45, 7) is 3.59. The molecule has 0 unspecified atom stereocenters. The first-order valence-electron chi connectivity index (χ1n) is 14.8. The minimum Gasteiger partial charge on any atom is -0.395 e. The minimum atomic E-state index is 0.0263. The highest BCUT2D eigenvalue weighted by Crippen LogP contribution is 2.05. The first kappa shape index (κ1) is 36.1. The highest BCUT2D eigenvalue weighted by Gasteiger charge is 2.08. The van der Waals surface area contributed by atoms with Gasteiger partial charge in [-0.1, -0.05) is 24.3 Å². The van der Waals surface area contributed by atoms with Gasteiger partial charge < -0.3 is 29.6 Å². The van der Waals surface area contributed by atoms with Gasteiger partial charge in [0.05, 0.1) is 49.0 Å². The molecule has 0 atom stereocenters. The van der Waals surface area contributed by atoms with Crippen molar-refractivity contribution < 1.29 is 29.6 Å². The van der Waals surface area contributed by atoms with Gasteiger partial charge in [0.1, 0.15) is 13.1 Å². The summed E-state index contributed by atoms with van der Waals surface area (Å²) in [6, 6.07) is 22.0. The van der Waals surface area contributed by atoms with Gasteiger partial charge in [-0.25, -0.2) is 9.13 Å². The van der Waals surface area contributed by atoms with Crippen LogP contribution in [0.3, 0.4) is 0 Å². The van der Waals surface area contributed by atoms with Crippen molar-refractivity contribution in [2.75, 3.05) is 26.4 Å². The van der Waals surface area contributed by atoms with Crippen LogP contribution in [0.15, 0.2) is 138 Å². The van der Waals surface area contributed by atoms with Crippen molar-refractivity contribution in [3.63, 3.8) is 0 Å². The van der Waals surface area contributed by atoms with Crippen LogP contribution in [0, 0.1) is 0 Å². The topological polar surface area (TPSA) is 197 Å². The van der Waals surface area contributed by atoms with Crippen molar-refractivity contribution in [3.05, 3.63) is 109 Å². The predicted octanol–water partition coefficient (Wildman–Crippen LogP) is 1.17. The Morgan fingerprint density at radius 3 is 1.74 bits per heavy atom. The van der Waals surface area contributed by atoms with Gasteiger partial charge in [0.25, 0.3) is 0 Å². The van der Waals surface area contributed by atoms with E-state index in [0.29, 0.717) is 54.6 Å². The maximum absolute atomic E-state index is 9.05. The Morgan fingerprint density at radius 2 is 1.19 bits per heavy atom. The van der Waals surface area contributed by atoms with Gasteiger partial charge in [-0.15, -0.1) is 20.4 Å². The fraction of sp³-hybridized carbons (Fsp3) is 0.290. The monoisotopic (exact) mass is 644 g/mol. The van der Waals surface area contributed by atoms with Crippen LogP contribution in [0.1, 0.15) is 6.92 Å². The van der Waals surface area contributed by atoms with Gasteiger partial charge in [0.2, 0.25) is 0 Å². The highest BCUT2D eigenvalue weighted by atomic mass is 16.3. The maximum Gasteiger partial charge on any atom is 0.350 e. The normalized spacial score (nSPS) is 12.7. The molecule has 47 heavy (non-hydrogen) atoms. The Bertz CT molecular complexity index is 1780. The smallest absolute Gasteiger partial charge is 0.350 e. The van der Waals surface area contributed by atoms with Crippen LogP contribution in [-0.4, -0.2) is 68.2 Å². The number of pyridine rings is 4. The van der Waals surface area contributed by atoms with Crippen molar-refractivity contribution >= 4 is 23.8 Å². The van der Waals surface area contributed by atoms with Crippen LogP contribution in [0.4, 0.5) is 11.6 Å². The molecule has 0 saturated heterocycles. The average molecular weight is 645 g/mol. The van der Waals surface area contributed by atoms with E-state index in [1.807, 2.05) is 73.3 Å². The van der Waals surface area contributed by atoms with Crippen molar-refractivity contribution in [3.8, 4) is 0 Å². The molecular formula is C31H40N12O4+2. The van der Waals surface area contributed by atoms with Crippen LogP contribution >= 0.6 is 0 Å². The quantitative estimate of drug-likeness (QED) is 0.0557. The first-order valence-corrected chi connectivity index (χ1v) is 14.8. The molecule has 0 fully saturated rings. The number of azo groups is 2. The summed E-state index contributed by atoms with van der Waals surface area (Å²) >= 11 is 0. The summed E-state index contributed by atoms with van der Waals surface area (Å²) in [4.78, 5) is 0. The van der Waals surface area contributed by atoms with E-state index in [9.17, 15) is 0 Å². The second-order valence-corrected chi connectivity index (χ2v) is 9.40. The summed E-state index contributed by atoms with van der Waals surface area (Å²) in [5.74, 6) is 1.63. The largest absolute Gasteiger partial charge is 0.395 e. The molecule has 16 nitrogen and oxygen atoms in total. The summed E-state index contributed by atoms with van der Waals surface area (Å²) in [5.41, 5.74) is 1.24. The van der Waals surface area contributed by atoms with Gasteiger partial charge >= 0.3 is 11.6 Å².